The number of esters is 2. The number of hydrogen-bond acceptors (Lipinski definition) is 8. The van der Waals surface area contributed by atoms with E-state index in [-0.39, 0.29) is 11.5 Å². The molecule has 0 saturated carbocycles. The van der Waals surface area contributed by atoms with Crippen molar-refractivity contribution in [3.63, 3.8) is 0 Å². The molecule has 0 aliphatic carbocycles. The van der Waals surface area contributed by atoms with Crippen LogP contribution in [0.25, 0.3) is 21.5 Å². The number of carbonyl (C=O) groups is 2. The van der Waals surface area contributed by atoms with E-state index in [9.17, 15) is 19.2 Å². The summed E-state index contributed by atoms with van der Waals surface area (Å²) in [7, 11) is 2.60. The van der Waals surface area contributed by atoms with Gasteiger partial charge >= 0.3 is 23.2 Å². The highest BCUT2D eigenvalue weighted by atomic mass is 16.5. The van der Waals surface area contributed by atoms with Crippen molar-refractivity contribution < 1.29 is 27.9 Å². The molecule has 34 heavy (non-hydrogen) atoms. The van der Waals surface area contributed by atoms with Crippen LogP contribution < -0.4 is 11.3 Å². The predicted molar refractivity (Wildman–Crippen MR) is 127 cm³/mol. The average molecular weight is 464 g/mol. The maximum atomic E-state index is 11.7. The van der Waals surface area contributed by atoms with E-state index < -0.39 is 23.2 Å². The van der Waals surface area contributed by atoms with Crippen molar-refractivity contribution in [2.75, 3.05) is 14.2 Å². The molecule has 0 spiro atoms. The summed E-state index contributed by atoms with van der Waals surface area (Å²) in [4.78, 5) is 46.7. The number of carbonyl (C=O) groups excluding carboxylic acids is 2. The normalized spacial score (nSPS) is 10.5. The fourth-order valence-electron chi connectivity index (χ4n) is 3.67. The minimum absolute atomic E-state index is 0.278. The smallest absolute Gasteiger partial charge is 0.343 e. The highest BCUT2D eigenvalue weighted by molar-refractivity contribution is 6.05. The Morgan fingerprint density at radius 3 is 1.29 bits per heavy atom. The standard InChI is InChI=1S/2C13H12O4/c2*1-7-4-5-9-10(6-7)11(13(15)16-3)8(2)17-12(9)14/h2*4-6H,1-3H3. The van der Waals surface area contributed by atoms with Crippen LogP contribution in [0.4, 0.5) is 0 Å². The van der Waals surface area contributed by atoms with Crippen LogP contribution in [0.15, 0.2) is 54.8 Å². The van der Waals surface area contributed by atoms with Gasteiger partial charge in [0.25, 0.3) is 0 Å². The Morgan fingerprint density at radius 2 is 0.971 bits per heavy atom. The fraction of sp³-hybridized carbons (Fsp3) is 0.231. The monoisotopic (exact) mass is 464 g/mol. The first-order valence-corrected chi connectivity index (χ1v) is 10.3. The van der Waals surface area contributed by atoms with E-state index in [1.54, 1.807) is 50.2 Å². The van der Waals surface area contributed by atoms with E-state index in [1.807, 2.05) is 13.8 Å². The second-order valence-electron chi connectivity index (χ2n) is 7.72. The van der Waals surface area contributed by atoms with Gasteiger partial charge in [0, 0.05) is 10.8 Å². The second-order valence-corrected chi connectivity index (χ2v) is 7.72. The van der Waals surface area contributed by atoms with E-state index in [2.05, 4.69) is 0 Å². The van der Waals surface area contributed by atoms with Gasteiger partial charge in [0.1, 0.15) is 22.6 Å². The molecule has 8 nitrogen and oxygen atoms in total. The SMILES string of the molecule is COC(=O)c1c(C)oc(=O)c2ccc(C)cc12.COC(=O)c1c(C)oc(=O)c2ccc(C)cc12. The number of methoxy groups -OCH3 is 2. The number of aryl methyl sites for hydroxylation is 4. The summed E-state index contributed by atoms with van der Waals surface area (Å²) in [5, 5.41) is 1.93. The number of benzene rings is 2. The number of fused-ring (bicyclic) bond motifs is 2. The van der Waals surface area contributed by atoms with Gasteiger partial charge in [0.05, 0.1) is 25.0 Å². The summed E-state index contributed by atoms with van der Waals surface area (Å²) in [6.07, 6.45) is 0. The Labute approximate surface area is 194 Å². The molecular weight excluding hydrogens is 440 g/mol. The van der Waals surface area contributed by atoms with Crippen molar-refractivity contribution in [3.05, 3.63) is 91.0 Å². The van der Waals surface area contributed by atoms with E-state index in [0.29, 0.717) is 32.7 Å². The third-order valence-electron chi connectivity index (χ3n) is 5.30. The lowest BCUT2D eigenvalue weighted by molar-refractivity contribution is 0.0589. The van der Waals surface area contributed by atoms with E-state index in [4.69, 9.17) is 18.3 Å². The molecule has 176 valence electrons. The molecule has 0 aliphatic heterocycles. The van der Waals surface area contributed by atoms with E-state index in [0.717, 1.165) is 11.1 Å². The quantitative estimate of drug-likeness (QED) is 0.401. The largest absolute Gasteiger partial charge is 0.465 e. The molecule has 2 aromatic heterocycles. The van der Waals surface area contributed by atoms with E-state index in [1.165, 1.54) is 14.2 Å². The molecule has 0 aliphatic rings. The van der Waals surface area contributed by atoms with Crippen molar-refractivity contribution in [1.29, 1.82) is 0 Å². The van der Waals surface area contributed by atoms with Crippen LogP contribution in [0.5, 0.6) is 0 Å². The first kappa shape index (κ1) is 24.4. The van der Waals surface area contributed by atoms with Gasteiger partial charge in [-0.3, -0.25) is 0 Å². The topological polar surface area (TPSA) is 113 Å². The first-order chi connectivity index (χ1) is 16.1. The number of rotatable bonds is 2. The molecule has 0 saturated heterocycles. The van der Waals surface area contributed by atoms with Crippen LogP contribution in [0.2, 0.25) is 0 Å². The molecule has 4 aromatic rings. The zero-order valence-corrected chi connectivity index (χ0v) is 19.7. The summed E-state index contributed by atoms with van der Waals surface area (Å²) in [6.45, 7) is 6.94. The van der Waals surface area contributed by atoms with Crippen LogP contribution in [0.3, 0.4) is 0 Å². The Balaban J connectivity index is 0.000000191. The van der Waals surface area contributed by atoms with Crippen molar-refractivity contribution in [2.45, 2.75) is 27.7 Å². The highest BCUT2D eigenvalue weighted by Gasteiger charge is 2.19. The predicted octanol–water partition coefficient (Wildman–Crippen LogP) is 4.39. The Bertz CT molecular complexity index is 1420. The molecule has 2 heterocycles. The third-order valence-corrected chi connectivity index (χ3v) is 5.30. The van der Waals surface area contributed by atoms with Gasteiger partial charge in [-0.2, -0.15) is 0 Å². The molecule has 0 atom stereocenters. The molecule has 0 N–H and O–H groups in total. The fourth-order valence-corrected chi connectivity index (χ4v) is 3.67. The van der Waals surface area contributed by atoms with E-state index >= 15 is 0 Å². The van der Waals surface area contributed by atoms with Gasteiger partial charge in [-0.05, 0) is 39.8 Å². The number of ether oxygens (including phenoxy) is 2. The molecule has 0 unspecified atom stereocenters. The van der Waals surface area contributed by atoms with Crippen LogP contribution in [0.1, 0.15) is 43.4 Å². The van der Waals surface area contributed by atoms with Crippen molar-refractivity contribution >= 4 is 33.5 Å². The van der Waals surface area contributed by atoms with Gasteiger partial charge < -0.3 is 18.3 Å². The van der Waals surface area contributed by atoms with Crippen LogP contribution in [-0.4, -0.2) is 26.2 Å². The maximum Gasteiger partial charge on any atom is 0.343 e. The van der Waals surface area contributed by atoms with Crippen molar-refractivity contribution in [1.82, 2.24) is 0 Å². The van der Waals surface area contributed by atoms with Gasteiger partial charge in [0.2, 0.25) is 0 Å². The van der Waals surface area contributed by atoms with Crippen LogP contribution >= 0.6 is 0 Å². The van der Waals surface area contributed by atoms with Gasteiger partial charge in [-0.1, -0.05) is 35.4 Å². The minimum atomic E-state index is -0.498. The molecule has 0 amide bonds. The first-order valence-electron chi connectivity index (χ1n) is 10.3. The Hall–Kier alpha value is -4.20. The lowest BCUT2D eigenvalue weighted by Gasteiger charge is -2.07. The maximum absolute atomic E-state index is 11.7. The van der Waals surface area contributed by atoms with Crippen molar-refractivity contribution in [2.24, 2.45) is 0 Å². The number of hydrogen-bond donors (Lipinski definition) is 0. The zero-order chi connectivity index (χ0) is 25.2. The molecule has 0 radical (unpaired) electrons. The summed E-state index contributed by atoms with van der Waals surface area (Å²) in [6, 6.07) is 10.5. The second kappa shape index (κ2) is 9.74. The Kier molecular flexibility index (Phi) is 7.00. The van der Waals surface area contributed by atoms with Crippen molar-refractivity contribution in [3.8, 4) is 0 Å². The summed E-state index contributed by atoms with van der Waals surface area (Å²) >= 11 is 0. The van der Waals surface area contributed by atoms with Gasteiger partial charge in [-0.15, -0.1) is 0 Å². The molecule has 4 rings (SSSR count). The van der Waals surface area contributed by atoms with Crippen LogP contribution in [-0.2, 0) is 9.47 Å². The molecule has 2 aromatic carbocycles. The lowest BCUT2D eigenvalue weighted by atomic mass is 10.0. The van der Waals surface area contributed by atoms with Gasteiger partial charge in [0.15, 0.2) is 0 Å². The summed E-state index contributed by atoms with van der Waals surface area (Å²) < 4.78 is 19.5. The molecule has 0 bridgehead atoms. The molecule has 8 heteroatoms. The summed E-state index contributed by atoms with van der Waals surface area (Å²) in [5.41, 5.74) is 1.67. The molecule has 0 fully saturated rings. The zero-order valence-electron chi connectivity index (χ0n) is 19.7. The third kappa shape index (κ3) is 4.61. The van der Waals surface area contributed by atoms with Crippen LogP contribution in [0, 0.1) is 27.7 Å². The highest BCUT2D eigenvalue weighted by Crippen LogP contribution is 2.22. The minimum Gasteiger partial charge on any atom is -0.465 e. The Morgan fingerprint density at radius 1 is 0.618 bits per heavy atom. The lowest BCUT2D eigenvalue weighted by Crippen LogP contribution is -2.10. The summed E-state index contributed by atoms with van der Waals surface area (Å²) in [5.74, 6) is -0.441. The molecular formula is C26H24O8. The average Bonchev–Trinajstić information content (AvgIpc) is 2.78. The van der Waals surface area contributed by atoms with Gasteiger partial charge in [-0.25, -0.2) is 19.2 Å².